The van der Waals surface area contributed by atoms with Crippen molar-refractivity contribution in [2.75, 3.05) is 13.2 Å². The normalized spacial score (nSPS) is 15.1. The van der Waals surface area contributed by atoms with Gasteiger partial charge in [-0.05, 0) is 18.9 Å². The molecule has 0 atom stereocenters. The first-order chi connectivity index (χ1) is 14.2. The Morgan fingerprint density at radius 2 is 2.10 bits per heavy atom. The monoisotopic (exact) mass is 393 g/mol. The highest BCUT2D eigenvalue weighted by molar-refractivity contribution is 5.89. The molecular formula is C19H19N7O3. The van der Waals surface area contributed by atoms with Crippen LogP contribution >= 0.6 is 0 Å². The van der Waals surface area contributed by atoms with Gasteiger partial charge in [0.15, 0.2) is 5.75 Å². The SMILES string of the molecule is Cn1cnc(-c2nccc3c(=O)[nH]c(Oc4cnn(C5CCOCC5)c4)nc23)c1. The first-order valence-electron chi connectivity index (χ1n) is 9.34. The van der Waals surface area contributed by atoms with E-state index < -0.39 is 0 Å². The molecular weight excluding hydrogens is 374 g/mol. The minimum Gasteiger partial charge on any atom is -0.422 e. The minimum atomic E-state index is -0.304. The van der Waals surface area contributed by atoms with Crippen molar-refractivity contribution in [1.82, 2.24) is 34.3 Å². The van der Waals surface area contributed by atoms with Gasteiger partial charge in [0.2, 0.25) is 0 Å². The van der Waals surface area contributed by atoms with Crippen molar-refractivity contribution in [3.8, 4) is 23.1 Å². The lowest BCUT2D eigenvalue weighted by Gasteiger charge is -2.21. The van der Waals surface area contributed by atoms with E-state index in [1.165, 1.54) is 0 Å². The second kappa shape index (κ2) is 7.13. The fourth-order valence-corrected chi connectivity index (χ4v) is 3.45. The second-order valence-corrected chi connectivity index (χ2v) is 6.95. The third-order valence-electron chi connectivity index (χ3n) is 4.91. The van der Waals surface area contributed by atoms with Crippen molar-refractivity contribution in [3.05, 3.63) is 47.5 Å². The maximum absolute atomic E-state index is 12.6. The van der Waals surface area contributed by atoms with Crippen molar-refractivity contribution >= 4 is 10.9 Å². The number of ether oxygens (including phenoxy) is 2. The number of nitrogens with zero attached hydrogens (tertiary/aromatic N) is 6. The van der Waals surface area contributed by atoms with Gasteiger partial charge in [0.05, 0.1) is 30.1 Å². The van der Waals surface area contributed by atoms with Crippen LogP contribution in [0.1, 0.15) is 18.9 Å². The highest BCUT2D eigenvalue weighted by Crippen LogP contribution is 2.26. The fraction of sp³-hybridized carbons (Fsp3) is 0.316. The van der Waals surface area contributed by atoms with Crippen LogP contribution in [0.15, 0.2) is 42.0 Å². The Balaban J connectivity index is 1.49. The molecule has 1 aliphatic rings. The molecule has 4 aromatic rings. The number of aromatic amines is 1. The number of pyridine rings is 1. The topological polar surface area (TPSA) is 113 Å². The van der Waals surface area contributed by atoms with Crippen molar-refractivity contribution < 1.29 is 9.47 Å². The Kier molecular flexibility index (Phi) is 4.32. The molecule has 0 aliphatic carbocycles. The van der Waals surface area contributed by atoms with Crippen LogP contribution < -0.4 is 10.3 Å². The summed E-state index contributed by atoms with van der Waals surface area (Å²) in [4.78, 5) is 28.4. The number of aryl methyl sites for hydroxylation is 1. The molecule has 29 heavy (non-hydrogen) atoms. The molecule has 5 heterocycles. The van der Waals surface area contributed by atoms with Gasteiger partial charge in [0.25, 0.3) is 5.56 Å². The van der Waals surface area contributed by atoms with Gasteiger partial charge in [-0.25, -0.2) is 4.98 Å². The van der Waals surface area contributed by atoms with Crippen LogP contribution in [0, 0.1) is 0 Å². The Labute approximate surface area is 165 Å². The predicted octanol–water partition coefficient (Wildman–Crippen LogP) is 2.06. The molecule has 0 unspecified atom stereocenters. The molecule has 1 saturated heterocycles. The summed E-state index contributed by atoms with van der Waals surface area (Å²) in [5, 5.41) is 4.80. The summed E-state index contributed by atoms with van der Waals surface area (Å²) in [6.45, 7) is 1.45. The first kappa shape index (κ1) is 17.6. The van der Waals surface area contributed by atoms with Crippen LogP contribution in [-0.2, 0) is 11.8 Å². The van der Waals surface area contributed by atoms with Crippen LogP contribution in [-0.4, -0.2) is 47.5 Å². The molecule has 0 spiro atoms. The molecule has 0 aromatic carbocycles. The molecule has 0 saturated carbocycles. The van der Waals surface area contributed by atoms with Crippen LogP contribution in [0.3, 0.4) is 0 Å². The summed E-state index contributed by atoms with van der Waals surface area (Å²) in [7, 11) is 1.87. The zero-order valence-corrected chi connectivity index (χ0v) is 15.8. The van der Waals surface area contributed by atoms with E-state index in [0.29, 0.717) is 28.0 Å². The molecule has 4 aromatic heterocycles. The Hall–Kier alpha value is -3.53. The largest absolute Gasteiger partial charge is 0.422 e. The summed E-state index contributed by atoms with van der Waals surface area (Å²) in [5.41, 5.74) is 1.29. The molecule has 148 valence electrons. The predicted molar refractivity (Wildman–Crippen MR) is 104 cm³/mol. The average Bonchev–Trinajstić information content (AvgIpc) is 3.37. The number of aromatic nitrogens is 7. The van der Waals surface area contributed by atoms with E-state index in [4.69, 9.17) is 9.47 Å². The molecule has 0 radical (unpaired) electrons. The number of hydrogen-bond donors (Lipinski definition) is 1. The third-order valence-corrected chi connectivity index (χ3v) is 4.91. The number of nitrogens with one attached hydrogen (secondary N) is 1. The molecule has 1 fully saturated rings. The summed E-state index contributed by atoms with van der Waals surface area (Å²) >= 11 is 0. The third kappa shape index (κ3) is 3.38. The van der Waals surface area contributed by atoms with Crippen molar-refractivity contribution in [3.63, 3.8) is 0 Å². The molecule has 5 rings (SSSR count). The number of hydrogen-bond acceptors (Lipinski definition) is 7. The van der Waals surface area contributed by atoms with E-state index in [1.54, 1.807) is 24.8 Å². The molecule has 0 amide bonds. The molecule has 1 aliphatic heterocycles. The van der Waals surface area contributed by atoms with Gasteiger partial charge in [-0.2, -0.15) is 10.1 Å². The van der Waals surface area contributed by atoms with E-state index in [-0.39, 0.29) is 17.6 Å². The lowest BCUT2D eigenvalue weighted by molar-refractivity contribution is 0.0662. The standard InChI is InChI=1S/C19H19N7O3/c1-25-10-15(21-11-25)17-16-14(2-5-20-17)18(27)24-19(23-16)29-13-8-22-26(9-13)12-3-6-28-7-4-12/h2,5,8-12H,3-4,6-7H2,1H3,(H,23,24,27). The van der Waals surface area contributed by atoms with Gasteiger partial charge in [-0.1, -0.05) is 0 Å². The molecule has 0 bridgehead atoms. The first-order valence-corrected chi connectivity index (χ1v) is 9.34. The molecule has 1 N–H and O–H groups in total. The highest BCUT2D eigenvalue weighted by atomic mass is 16.5. The van der Waals surface area contributed by atoms with Crippen molar-refractivity contribution in [2.45, 2.75) is 18.9 Å². The van der Waals surface area contributed by atoms with Crippen LogP contribution in [0.2, 0.25) is 0 Å². The van der Waals surface area contributed by atoms with Gasteiger partial charge in [-0.15, -0.1) is 0 Å². The molecule has 10 nitrogen and oxygen atoms in total. The maximum atomic E-state index is 12.6. The summed E-state index contributed by atoms with van der Waals surface area (Å²) in [6, 6.07) is 1.99. The van der Waals surface area contributed by atoms with Crippen LogP contribution in [0.4, 0.5) is 0 Å². The Morgan fingerprint density at radius 3 is 2.90 bits per heavy atom. The average molecular weight is 393 g/mol. The van der Waals surface area contributed by atoms with Gasteiger partial charge in [0.1, 0.15) is 16.9 Å². The Bertz CT molecular complexity index is 1220. The van der Waals surface area contributed by atoms with E-state index in [9.17, 15) is 4.79 Å². The zero-order valence-electron chi connectivity index (χ0n) is 15.8. The van der Waals surface area contributed by atoms with Crippen molar-refractivity contribution in [2.24, 2.45) is 7.05 Å². The highest BCUT2D eigenvalue weighted by Gasteiger charge is 2.18. The van der Waals surface area contributed by atoms with E-state index in [2.05, 4.69) is 25.0 Å². The Morgan fingerprint density at radius 1 is 1.24 bits per heavy atom. The zero-order chi connectivity index (χ0) is 19.8. The van der Waals surface area contributed by atoms with E-state index >= 15 is 0 Å². The summed E-state index contributed by atoms with van der Waals surface area (Å²) < 4.78 is 14.9. The van der Waals surface area contributed by atoms with Gasteiger partial charge in [0, 0.05) is 32.7 Å². The lowest BCUT2D eigenvalue weighted by atomic mass is 10.1. The van der Waals surface area contributed by atoms with E-state index in [1.807, 2.05) is 28.7 Å². The second-order valence-electron chi connectivity index (χ2n) is 6.95. The molecule has 10 heteroatoms. The smallest absolute Gasteiger partial charge is 0.302 e. The van der Waals surface area contributed by atoms with Gasteiger partial charge < -0.3 is 14.0 Å². The number of fused-ring (bicyclic) bond motifs is 1. The summed E-state index contributed by atoms with van der Waals surface area (Å²) in [6.07, 6.45) is 10.3. The number of rotatable bonds is 4. The minimum absolute atomic E-state index is 0.0826. The lowest BCUT2D eigenvalue weighted by Crippen LogP contribution is -2.19. The van der Waals surface area contributed by atoms with Crippen LogP contribution in [0.5, 0.6) is 11.8 Å². The van der Waals surface area contributed by atoms with Crippen LogP contribution in [0.25, 0.3) is 22.3 Å². The van der Waals surface area contributed by atoms with Gasteiger partial charge in [-0.3, -0.25) is 19.4 Å². The fourth-order valence-electron chi connectivity index (χ4n) is 3.45. The summed E-state index contributed by atoms with van der Waals surface area (Å²) in [5.74, 6) is 0.502. The van der Waals surface area contributed by atoms with Gasteiger partial charge >= 0.3 is 6.01 Å². The van der Waals surface area contributed by atoms with Crippen molar-refractivity contribution in [1.29, 1.82) is 0 Å². The van der Waals surface area contributed by atoms with E-state index in [0.717, 1.165) is 26.1 Å². The maximum Gasteiger partial charge on any atom is 0.302 e. The number of imidazole rings is 1. The number of H-pyrrole nitrogens is 1. The quantitative estimate of drug-likeness (QED) is 0.565.